The van der Waals surface area contributed by atoms with Crippen LogP contribution in [0.15, 0.2) is 18.2 Å². The lowest BCUT2D eigenvalue weighted by molar-refractivity contribution is -0.369. The molecule has 58 heavy (non-hydrogen) atoms. The van der Waals surface area contributed by atoms with Crippen LogP contribution in [0.3, 0.4) is 0 Å². The van der Waals surface area contributed by atoms with Crippen molar-refractivity contribution in [2.24, 2.45) is 0 Å². The number of nitrogens with zero attached hydrogens (tertiary/aromatic N) is 3. The molecule has 0 saturated carbocycles. The minimum absolute atomic E-state index is 0.0305. The molecule has 0 radical (unpaired) electrons. The predicted molar refractivity (Wildman–Crippen MR) is 234 cm³/mol. The number of aryl methyl sites for hydroxylation is 4. The normalized spacial score (nSPS) is 16.2. The van der Waals surface area contributed by atoms with Gasteiger partial charge >= 0.3 is 0 Å². The number of rotatable bonds is 17. The molecule has 2 aliphatic heterocycles. The molecule has 0 fully saturated rings. The van der Waals surface area contributed by atoms with E-state index in [1.54, 1.807) is 14.1 Å². The largest absolute Gasteiger partial charge is 0.358 e. The number of amides is 3. The number of H-pyrrole nitrogens is 2. The molecule has 314 valence electrons. The Balaban J connectivity index is 1.51. The number of nitrogens with one attached hydrogen (secondary N) is 4. The van der Waals surface area contributed by atoms with E-state index in [2.05, 4.69) is 105 Å². The zero-order valence-electron chi connectivity index (χ0n) is 36.6. The lowest BCUT2D eigenvalue weighted by atomic mass is 9.85. The van der Waals surface area contributed by atoms with Crippen LogP contribution < -0.4 is 22.1 Å². The number of likely N-dealkylation sites (N-methyl/N-ethyl adjacent to an activating group) is 1. The molecule has 10 N–H and O–H groups in total. The SMILES string of the molecule is CCc1c(C)c2cc3[nH]c(cc4nc(c(C)c5nc(cc1[nH]2)C(C)=C5)[C@@H](CCC(=O)N[C@@H](CCCC[NH3+])C(=O)NC(CCCC[NH3+])C(=O)N(C)C)[C@@H]4C)c(C)c3CC. The quantitative estimate of drug-likeness (QED) is 0.0986. The molecule has 3 amide bonds. The Kier molecular flexibility index (Phi) is 15.1. The summed E-state index contributed by atoms with van der Waals surface area (Å²) in [5.74, 6) is -0.686. The first-order valence-electron chi connectivity index (χ1n) is 21.5. The summed E-state index contributed by atoms with van der Waals surface area (Å²) in [6.45, 7) is 16.7. The molecule has 0 spiro atoms. The molecule has 5 rings (SSSR count). The standard InChI is InChI=1S/C46H67N9O3/c1-10-31-28(5)39-25-42-32(11-2)27(4)38(50-42)24-40-29(6)33(44(53-40)30(7)37-22-26(3)36(49-37)23-41(31)51-39)18-19-43(56)52-34(16-12-14-20-47)45(57)54-35(17-13-15-21-48)46(58)55(8)9/h22-25,29,33-35,50-51H,10-21,47-48H2,1-9H3,(H,52,56)(H,54,57)/p+2/t29-,33-,34-,35?/m0/s1. The fourth-order valence-electron chi connectivity index (χ4n) is 8.62. The highest BCUT2D eigenvalue weighted by atomic mass is 16.2. The van der Waals surface area contributed by atoms with Crippen molar-refractivity contribution < 1.29 is 25.9 Å². The molecule has 0 aliphatic carbocycles. The highest BCUT2D eigenvalue weighted by Gasteiger charge is 2.33. The van der Waals surface area contributed by atoms with E-state index in [9.17, 15) is 14.4 Å². The van der Waals surface area contributed by atoms with E-state index in [4.69, 9.17) is 9.97 Å². The predicted octanol–water partition coefficient (Wildman–Crippen LogP) is 5.48. The average molecular weight is 796 g/mol. The monoisotopic (exact) mass is 796 g/mol. The van der Waals surface area contributed by atoms with Crippen molar-refractivity contribution in [3.05, 3.63) is 68.8 Å². The summed E-state index contributed by atoms with van der Waals surface area (Å²) in [5, 5.41) is 6.04. The van der Waals surface area contributed by atoms with Crippen molar-refractivity contribution in [2.75, 3.05) is 27.2 Å². The van der Waals surface area contributed by atoms with Crippen LogP contribution in [0.25, 0.3) is 33.7 Å². The first-order chi connectivity index (χ1) is 27.7. The van der Waals surface area contributed by atoms with Crippen molar-refractivity contribution in [3.8, 4) is 0 Å². The minimum Gasteiger partial charge on any atom is -0.358 e. The van der Waals surface area contributed by atoms with E-state index in [1.165, 1.54) is 27.2 Å². The fourth-order valence-corrected chi connectivity index (χ4v) is 8.62. The Morgan fingerprint density at radius 1 is 0.776 bits per heavy atom. The smallest absolute Gasteiger partial charge is 0.244 e. The number of allylic oxidation sites excluding steroid dienone is 1. The second kappa shape index (κ2) is 19.8. The molecule has 3 aromatic heterocycles. The molecule has 0 aromatic carbocycles. The summed E-state index contributed by atoms with van der Waals surface area (Å²) >= 11 is 0. The maximum Gasteiger partial charge on any atom is 0.244 e. The Labute approximate surface area is 344 Å². The number of fused-ring (bicyclic) bond motifs is 8. The molecule has 8 bridgehead atoms. The van der Waals surface area contributed by atoms with Gasteiger partial charge in [0, 0.05) is 65.8 Å². The molecule has 2 aliphatic rings. The number of aromatic amines is 2. The van der Waals surface area contributed by atoms with Gasteiger partial charge in [-0.2, -0.15) is 0 Å². The summed E-state index contributed by atoms with van der Waals surface area (Å²) in [6, 6.07) is 5.19. The second-order valence-corrected chi connectivity index (χ2v) is 16.6. The number of quaternary nitrogens is 2. The van der Waals surface area contributed by atoms with Gasteiger partial charge in [0.05, 0.1) is 24.5 Å². The van der Waals surface area contributed by atoms with E-state index >= 15 is 0 Å². The average Bonchev–Trinajstić information content (AvgIpc) is 3.90. The van der Waals surface area contributed by atoms with Gasteiger partial charge in [0.1, 0.15) is 12.1 Å². The summed E-state index contributed by atoms with van der Waals surface area (Å²) in [4.78, 5) is 60.1. The van der Waals surface area contributed by atoms with E-state index in [0.29, 0.717) is 19.3 Å². The number of aromatic nitrogens is 4. The number of hydrogen-bond acceptors (Lipinski definition) is 5. The lowest BCUT2D eigenvalue weighted by Gasteiger charge is -2.25. The summed E-state index contributed by atoms with van der Waals surface area (Å²) in [5.41, 5.74) is 23.0. The molecule has 4 atom stereocenters. The van der Waals surface area contributed by atoms with Gasteiger partial charge in [0.15, 0.2) is 0 Å². The van der Waals surface area contributed by atoms with Gasteiger partial charge in [-0.1, -0.05) is 20.8 Å². The molecule has 3 aromatic rings. The number of carbonyl (C=O) groups is 3. The first-order valence-corrected chi connectivity index (χ1v) is 21.5. The molecular weight excluding hydrogens is 727 g/mol. The van der Waals surface area contributed by atoms with Crippen LogP contribution in [-0.4, -0.2) is 81.8 Å². The van der Waals surface area contributed by atoms with Gasteiger partial charge in [-0.3, -0.25) is 19.4 Å². The maximum atomic E-state index is 13.8. The molecule has 1 unspecified atom stereocenters. The van der Waals surface area contributed by atoms with E-state index < -0.39 is 12.1 Å². The minimum atomic E-state index is -0.752. The van der Waals surface area contributed by atoms with E-state index in [1.807, 2.05) is 0 Å². The Morgan fingerprint density at radius 3 is 1.95 bits per heavy atom. The highest BCUT2D eigenvalue weighted by Crippen LogP contribution is 2.42. The molecular formula is C46H69N9O3+2. The van der Waals surface area contributed by atoms with Crippen LogP contribution >= 0.6 is 0 Å². The van der Waals surface area contributed by atoms with Crippen LogP contribution in [0.2, 0.25) is 0 Å². The third-order valence-corrected chi connectivity index (χ3v) is 12.3. The molecule has 5 heterocycles. The Morgan fingerprint density at radius 2 is 1.36 bits per heavy atom. The summed E-state index contributed by atoms with van der Waals surface area (Å²) in [7, 11) is 3.39. The first kappa shape index (κ1) is 44.3. The van der Waals surface area contributed by atoms with Crippen molar-refractivity contribution in [1.82, 2.24) is 35.5 Å². The summed E-state index contributed by atoms with van der Waals surface area (Å²) in [6.07, 6.45) is 8.92. The fraction of sp³-hybridized carbons (Fsp3) is 0.543. The number of hydrogen-bond donors (Lipinski definition) is 6. The number of carbonyl (C=O) groups excluding carboxylic acids is 3. The van der Waals surface area contributed by atoms with Crippen LogP contribution in [0.1, 0.15) is 141 Å². The van der Waals surface area contributed by atoms with Crippen LogP contribution in [-0.2, 0) is 27.2 Å². The third-order valence-electron chi connectivity index (χ3n) is 12.3. The Bertz CT molecular complexity index is 2180. The van der Waals surface area contributed by atoms with Gasteiger partial charge in [-0.05, 0) is 143 Å². The van der Waals surface area contributed by atoms with Gasteiger partial charge in [-0.15, -0.1) is 0 Å². The summed E-state index contributed by atoms with van der Waals surface area (Å²) < 4.78 is 0. The van der Waals surface area contributed by atoms with Crippen molar-refractivity contribution in [2.45, 2.75) is 137 Å². The van der Waals surface area contributed by atoms with Crippen molar-refractivity contribution in [3.63, 3.8) is 0 Å². The highest BCUT2D eigenvalue weighted by molar-refractivity contribution is 5.92. The third kappa shape index (κ3) is 9.89. The van der Waals surface area contributed by atoms with Gasteiger partial charge in [-0.25, -0.2) is 4.98 Å². The van der Waals surface area contributed by atoms with E-state index in [0.717, 1.165) is 108 Å². The van der Waals surface area contributed by atoms with Crippen LogP contribution in [0.4, 0.5) is 0 Å². The van der Waals surface area contributed by atoms with Crippen LogP contribution in [0, 0.1) is 20.8 Å². The van der Waals surface area contributed by atoms with Crippen LogP contribution in [0.5, 0.6) is 0 Å². The Hall–Kier alpha value is -4.81. The second-order valence-electron chi connectivity index (χ2n) is 16.6. The van der Waals surface area contributed by atoms with Gasteiger partial charge in [0.2, 0.25) is 17.7 Å². The molecule has 12 heteroatoms. The van der Waals surface area contributed by atoms with Gasteiger partial charge in [0.25, 0.3) is 0 Å². The van der Waals surface area contributed by atoms with Crippen molar-refractivity contribution >= 4 is 51.4 Å². The zero-order valence-corrected chi connectivity index (χ0v) is 36.6. The maximum absolute atomic E-state index is 13.8. The lowest BCUT2D eigenvalue weighted by Crippen LogP contribution is -2.54. The zero-order chi connectivity index (χ0) is 42.3. The van der Waals surface area contributed by atoms with Gasteiger partial charge < -0.3 is 37.0 Å². The topological polar surface area (TPSA) is 191 Å². The number of unbranched alkanes of at least 4 members (excludes halogenated alkanes) is 2. The van der Waals surface area contributed by atoms with E-state index in [-0.39, 0.29) is 36.0 Å². The van der Waals surface area contributed by atoms with Crippen molar-refractivity contribution in [1.29, 1.82) is 0 Å². The molecule has 12 nitrogen and oxygen atoms in total. The molecule has 0 saturated heterocycles.